The maximum absolute atomic E-state index is 6.26. The number of halogens is 2. The molecule has 0 amide bonds. The van der Waals surface area contributed by atoms with Crippen LogP contribution in [0.2, 0.25) is 10.3 Å². The molecule has 1 aromatic carbocycles. The molecule has 3 fully saturated rings. The summed E-state index contributed by atoms with van der Waals surface area (Å²) >= 11 is 12.3. The van der Waals surface area contributed by atoms with E-state index < -0.39 is 0 Å². The van der Waals surface area contributed by atoms with E-state index in [2.05, 4.69) is 44.3 Å². The fourth-order valence-electron chi connectivity index (χ4n) is 6.04. The van der Waals surface area contributed by atoms with Crippen molar-refractivity contribution in [3.63, 3.8) is 0 Å². The van der Waals surface area contributed by atoms with Crippen LogP contribution in [-0.2, 0) is 4.74 Å². The zero-order valence-electron chi connectivity index (χ0n) is 19.2. The van der Waals surface area contributed by atoms with E-state index in [0.29, 0.717) is 40.9 Å². The average molecular weight is 491 g/mol. The molecular weight excluding hydrogens is 459 g/mol. The number of para-hydroxylation sites is 1. The Kier molecular flexibility index (Phi) is 6.98. The van der Waals surface area contributed by atoms with Gasteiger partial charge in [-0.05, 0) is 62.7 Å². The van der Waals surface area contributed by atoms with Crippen molar-refractivity contribution < 1.29 is 9.47 Å². The van der Waals surface area contributed by atoms with Gasteiger partial charge in [0.25, 0.3) is 0 Å². The van der Waals surface area contributed by atoms with Gasteiger partial charge in [-0.1, -0.05) is 41.4 Å². The van der Waals surface area contributed by atoms with Crippen LogP contribution in [0.25, 0.3) is 0 Å². The standard InChI is InChI=1S/C25H32Cl2N4O2/c1-32-12-13-33-22-5-3-2-4-20(22)18-7-10-30(11-8-18)19-6-9-25(15-19)16-31(17-25)21-14-23(26)28-29-24(21)27/h2-5,14,18-19H,6-13,15-17H2,1H3. The predicted octanol–water partition coefficient (Wildman–Crippen LogP) is 5.05. The third-order valence-corrected chi connectivity index (χ3v) is 8.17. The van der Waals surface area contributed by atoms with Crippen LogP contribution in [-0.4, -0.2) is 67.6 Å². The normalized spacial score (nSPS) is 23.1. The highest BCUT2D eigenvalue weighted by Gasteiger charge is 2.50. The summed E-state index contributed by atoms with van der Waals surface area (Å²) in [5.74, 6) is 1.59. The molecule has 1 atom stereocenters. The molecule has 0 radical (unpaired) electrons. The Morgan fingerprint density at radius 1 is 1.06 bits per heavy atom. The largest absolute Gasteiger partial charge is 0.491 e. The van der Waals surface area contributed by atoms with Crippen molar-refractivity contribution >= 4 is 28.9 Å². The number of ether oxygens (including phenoxy) is 2. The number of piperidine rings is 1. The summed E-state index contributed by atoms with van der Waals surface area (Å²) in [7, 11) is 1.71. The zero-order chi connectivity index (χ0) is 22.8. The number of hydrogen-bond acceptors (Lipinski definition) is 6. The van der Waals surface area contributed by atoms with Crippen molar-refractivity contribution in [2.75, 3.05) is 51.4 Å². The average Bonchev–Trinajstić information content (AvgIpc) is 3.26. The van der Waals surface area contributed by atoms with Gasteiger partial charge in [0.1, 0.15) is 12.4 Å². The van der Waals surface area contributed by atoms with Gasteiger partial charge < -0.3 is 19.3 Å². The van der Waals surface area contributed by atoms with Crippen molar-refractivity contribution in [1.29, 1.82) is 0 Å². The Labute approximate surface area is 206 Å². The Morgan fingerprint density at radius 3 is 2.64 bits per heavy atom. The maximum atomic E-state index is 6.26. The Balaban J connectivity index is 1.14. The van der Waals surface area contributed by atoms with Crippen LogP contribution < -0.4 is 9.64 Å². The minimum absolute atomic E-state index is 0.396. The van der Waals surface area contributed by atoms with E-state index in [0.717, 1.165) is 37.6 Å². The number of rotatable bonds is 7. The molecule has 33 heavy (non-hydrogen) atoms. The van der Waals surface area contributed by atoms with Gasteiger partial charge in [0, 0.05) is 37.7 Å². The molecule has 8 heteroatoms. The fraction of sp³-hybridized carbons (Fsp3) is 0.600. The lowest BCUT2D eigenvalue weighted by Crippen LogP contribution is -2.56. The summed E-state index contributed by atoms with van der Waals surface area (Å²) in [6.45, 7) is 5.61. The summed E-state index contributed by atoms with van der Waals surface area (Å²) in [5.41, 5.74) is 2.67. The second-order valence-electron chi connectivity index (χ2n) is 9.79. The quantitative estimate of drug-likeness (QED) is 0.506. The predicted molar refractivity (Wildman–Crippen MR) is 132 cm³/mol. The molecule has 1 spiro atoms. The van der Waals surface area contributed by atoms with E-state index in [4.69, 9.17) is 32.7 Å². The SMILES string of the molecule is COCCOc1ccccc1C1CCN(C2CCC3(C2)CN(c2cc(Cl)nnc2Cl)C3)CC1. The van der Waals surface area contributed by atoms with Gasteiger partial charge in [0.15, 0.2) is 10.3 Å². The van der Waals surface area contributed by atoms with Gasteiger partial charge in [0.05, 0.1) is 12.3 Å². The number of benzene rings is 1. The van der Waals surface area contributed by atoms with Gasteiger partial charge in [-0.25, -0.2) is 0 Å². The van der Waals surface area contributed by atoms with Crippen molar-refractivity contribution in [2.24, 2.45) is 5.41 Å². The highest BCUT2D eigenvalue weighted by atomic mass is 35.5. The van der Waals surface area contributed by atoms with E-state index >= 15 is 0 Å². The second-order valence-corrected chi connectivity index (χ2v) is 10.5. The first-order valence-corrected chi connectivity index (χ1v) is 12.7. The number of aromatic nitrogens is 2. The summed E-state index contributed by atoms with van der Waals surface area (Å²) in [5, 5.41) is 8.63. The molecule has 0 bridgehead atoms. The Bertz CT molecular complexity index is 961. The topological polar surface area (TPSA) is 50.7 Å². The number of hydrogen-bond donors (Lipinski definition) is 0. The molecule has 1 aliphatic carbocycles. The molecule has 2 saturated heterocycles. The summed E-state index contributed by atoms with van der Waals surface area (Å²) in [4.78, 5) is 5.04. The van der Waals surface area contributed by atoms with Crippen molar-refractivity contribution in [3.05, 3.63) is 46.2 Å². The first-order chi connectivity index (χ1) is 16.1. The number of likely N-dealkylation sites (tertiary alicyclic amines) is 1. The van der Waals surface area contributed by atoms with Crippen molar-refractivity contribution in [3.8, 4) is 5.75 Å². The lowest BCUT2D eigenvalue weighted by molar-refractivity contribution is 0.129. The molecule has 5 rings (SSSR count). The van der Waals surface area contributed by atoms with Crippen LogP contribution in [0.1, 0.15) is 43.6 Å². The third kappa shape index (κ3) is 4.95. The van der Waals surface area contributed by atoms with Gasteiger partial charge in [-0.15, -0.1) is 10.2 Å². The Morgan fingerprint density at radius 2 is 1.85 bits per heavy atom. The molecule has 1 unspecified atom stereocenters. The van der Waals surface area contributed by atoms with Gasteiger partial charge in [0.2, 0.25) is 0 Å². The summed E-state index contributed by atoms with van der Waals surface area (Å²) in [6.07, 6.45) is 6.23. The molecule has 1 aromatic heterocycles. The first kappa shape index (κ1) is 23.2. The molecule has 3 aliphatic rings. The molecule has 3 heterocycles. The summed E-state index contributed by atoms with van der Waals surface area (Å²) < 4.78 is 11.1. The van der Waals surface area contributed by atoms with Crippen LogP contribution >= 0.6 is 23.2 Å². The molecule has 2 aliphatic heterocycles. The van der Waals surface area contributed by atoms with Crippen LogP contribution in [0.3, 0.4) is 0 Å². The first-order valence-electron chi connectivity index (χ1n) is 12.0. The van der Waals surface area contributed by atoms with Gasteiger partial charge >= 0.3 is 0 Å². The lowest BCUT2D eigenvalue weighted by atomic mass is 9.77. The van der Waals surface area contributed by atoms with Crippen LogP contribution in [0.5, 0.6) is 5.75 Å². The highest BCUT2D eigenvalue weighted by molar-refractivity contribution is 6.33. The zero-order valence-corrected chi connectivity index (χ0v) is 20.7. The smallest absolute Gasteiger partial charge is 0.175 e. The van der Waals surface area contributed by atoms with Crippen LogP contribution in [0.4, 0.5) is 5.69 Å². The van der Waals surface area contributed by atoms with E-state index in [-0.39, 0.29) is 0 Å². The van der Waals surface area contributed by atoms with E-state index in [1.165, 1.54) is 37.7 Å². The monoisotopic (exact) mass is 490 g/mol. The van der Waals surface area contributed by atoms with E-state index in [1.807, 2.05) is 6.07 Å². The number of anilines is 1. The minimum atomic E-state index is 0.396. The van der Waals surface area contributed by atoms with Crippen molar-refractivity contribution in [2.45, 2.75) is 44.1 Å². The fourth-order valence-corrected chi connectivity index (χ4v) is 6.39. The molecule has 178 valence electrons. The van der Waals surface area contributed by atoms with Gasteiger partial charge in [-0.2, -0.15) is 0 Å². The lowest BCUT2D eigenvalue weighted by Gasteiger charge is -2.50. The van der Waals surface area contributed by atoms with Gasteiger partial charge in [-0.3, -0.25) is 0 Å². The third-order valence-electron chi connectivity index (χ3n) is 7.72. The number of nitrogens with zero attached hydrogens (tertiary/aromatic N) is 4. The highest BCUT2D eigenvalue weighted by Crippen LogP contribution is 2.50. The molecular formula is C25H32Cl2N4O2. The number of methoxy groups -OCH3 is 1. The Hall–Kier alpha value is -1.60. The second kappa shape index (κ2) is 9.95. The van der Waals surface area contributed by atoms with Crippen molar-refractivity contribution in [1.82, 2.24) is 15.1 Å². The minimum Gasteiger partial charge on any atom is -0.491 e. The van der Waals surface area contributed by atoms with E-state index in [1.54, 1.807) is 7.11 Å². The van der Waals surface area contributed by atoms with Crippen LogP contribution in [0, 0.1) is 5.41 Å². The maximum Gasteiger partial charge on any atom is 0.175 e. The van der Waals surface area contributed by atoms with E-state index in [9.17, 15) is 0 Å². The molecule has 0 N–H and O–H groups in total. The molecule has 6 nitrogen and oxygen atoms in total. The molecule has 1 saturated carbocycles. The van der Waals surface area contributed by atoms with Crippen LogP contribution in [0.15, 0.2) is 30.3 Å². The summed E-state index contributed by atoms with van der Waals surface area (Å²) in [6, 6.07) is 11.0. The molecule has 2 aromatic rings.